The summed E-state index contributed by atoms with van der Waals surface area (Å²) in [6, 6.07) is 20.0. The van der Waals surface area contributed by atoms with Gasteiger partial charge in [-0.1, -0.05) is 48.5 Å². The van der Waals surface area contributed by atoms with Crippen molar-refractivity contribution in [2.45, 2.75) is 6.92 Å². The lowest BCUT2D eigenvalue weighted by molar-refractivity contribution is 0.0746. The molecule has 0 atom stereocenters. The van der Waals surface area contributed by atoms with Gasteiger partial charge in [0.05, 0.1) is 5.69 Å². The maximum atomic E-state index is 12.7. The molecule has 0 radical (unpaired) electrons. The van der Waals surface area contributed by atoms with Gasteiger partial charge in [-0.25, -0.2) is 0 Å². The largest absolute Gasteiger partial charge is 0.352 e. The van der Waals surface area contributed by atoms with Gasteiger partial charge in [0.15, 0.2) is 5.82 Å². The van der Waals surface area contributed by atoms with E-state index in [-0.39, 0.29) is 5.91 Å². The minimum Gasteiger partial charge on any atom is -0.352 e. The average Bonchev–Trinajstić information content (AvgIpc) is 3.19. The lowest BCUT2D eigenvalue weighted by Gasteiger charge is -2.35. The molecule has 5 nitrogen and oxygen atoms in total. The Morgan fingerprint density at radius 1 is 0.962 bits per heavy atom. The number of carbonyl (C=O) groups is 1. The summed E-state index contributed by atoms with van der Waals surface area (Å²) in [5, 5.41) is 7.57. The number of carbonyl (C=O) groups excluding carboxylic acids is 1. The molecule has 1 aromatic heterocycles. The molecule has 1 fully saturated rings. The van der Waals surface area contributed by atoms with E-state index in [0.29, 0.717) is 13.1 Å². The van der Waals surface area contributed by atoms with Gasteiger partial charge >= 0.3 is 0 Å². The molecule has 1 aliphatic heterocycles. The quantitative estimate of drug-likeness (QED) is 0.791. The molecule has 26 heavy (non-hydrogen) atoms. The first kappa shape index (κ1) is 16.4. The Labute approximate surface area is 153 Å². The van der Waals surface area contributed by atoms with Crippen LogP contribution in [0.25, 0.3) is 11.3 Å². The van der Waals surface area contributed by atoms with Gasteiger partial charge in [0, 0.05) is 37.8 Å². The van der Waals surface area contributed by atoms with E-state index >= 15 is 0 Å². The fourth-order valence-electron chi connectivity index (χ4n) is 3.36. The van der Waals surface area contributed by atoms with E-state index in [1.165, 1.54) is 0 Å². The third-order valence-corrected chi connectivity index (χ3v) is 4.92. The first-order valence-electron chi connectivity index (χ1n) is 8.93. The number of hydrogen-bond donors (Lipinski definition) is 1. The molecule has 1 saturated heterocycles. The molecule has 2 aromatic carbocycles. The maximum absolute atomic E-state index is 12.7. The Morgan fingerprint density at radius 3 is 2.38 bits per heavy atom. The SMILES string of the molecule is Cc1ccccc1C(=O)N1CCN(c2cc(-c3ccccc3)[nH]n2)CC1. The van der Waals surface area contributed by atoms with Crippen molar-refractivity contribution in [1.29, 1.82) is 0 Å². The van der Waals surface area contributed by atoms with Crippen molar-refractivity contribution >= 4 is 11.7 Å². The minimum absolute atomic E-state index is 0.120. The van der Waals surface area contributed by atoms with Crippen molar-refractivity contribution in [1.82, 2.24) is 15.1 Å². The molecule has 3 aromatic rings. The topological polar surface area (TPSA) is 52.2 Å². The number of hydrogen-bond acceptors (Lipinski definition) is 3. The predicted molar refractivity (Wildman–Crippen MR) is 103 cm³/mol. The van der Waals surface area contributed by atoms with Crippen molar-refractivity contribution in [2.24, 2.45) is 0 Å². The Hall–Kier alpha value is -3.08. The van der Waals surface area contributed by atoms with Crippen LogP contribution < -0.4 is 4.90 Å². The summed E-state index contributed by atoms with van der Waals surface area (Å²) in [4.78, 5) is 16.9. The van der Waals surface area contributed by atoms with Crippen LogP contribution in [0, 0.1) is 6.92 Å². The standard InChI is InChI=1S/C21H22N4O/c1-16-7-5-6-10-18(16)21(26)25-13-11-24(12-14-25)20-15-19(22-23-20)17-8-3-2-4-9-17/h2-10,15H,11-14H2,1H3,(H,22,23). The van der Waals surface area contributed by atoms with Crippen molar-refractivity contribution in [3.05, 3.63) is 71.8 Å². The van der Waals surface area contributed by atoms with Crippen LogP contribution in [-0.2, 0) is 0 Å². The number of benzene rings is 2. The van der Waals surface area contributed by atoms with Gasteiger partial charge in [0.25, 0.3) is 5.91 Å². The van der Waals surface area contributed by atoms with E-state index in [0.717, 1.165) is 41.3 Å². The molecule has 0 bridgehead atoms. The molecular formula is C21H22N4O. The molecule has 1 N–H and O–H groups in total. The number of H-pyrrole nitrogens is 1. The number of anilines is 1. The number of nitrogens with zero attached hydrogens (tertiary/aromatic N) is 3. The number of aromatic amines is 1. The van der Waals surface area contributed by atoms with Crippen LogP contribution >= 0.6 is 0 Å². The van der Waals surface area contributed by atoms with Crippen LogP contribution in [-0.4, -0.2) is 47.2 Å². The second kappa shape index (κ2) is 7.04. The highest BCUT2D eigenvalue weighted by atomic mass is 16.2. The van der Waals surface area contributed by atoms with Crippen LogP contribution in [0.5, 0.6) is 0 Å². The monoisotopic (exact) mass is 346 g/mol. The second-order valence-corrected chi connectivity index (χ2v) is 6.60. The number of amides is 1. The van der Waals surface area contributed by atoms with Gasteiger partial charge < -0.3 is 9.80 Å². The molecule has 0 saturated carbocycles. The van der Waals surface area contributed by atoms with E-state index in [1.807, 2.05) is 54.3 Å². The molecule has 2 heterocycles. The van der Waals surface area contributed by atoms with Crippen molar-refractivity contribution in [3.8, 4) is 11.3 Å². The summed E-state index contributed by atoms with van der Waals surface area (Å²) in [6.07, 6.45) is 0. The van der Waals surface area contributed by atoms with Gasteiger partial charge in [-0.3, -0.25) is 9.89 Å². The third kappa shape index (κ3) is 3.20. The minimum atomic E-state index is 0.120. The Morgan fingerprint density at radius 2 is 1.65 bits per heavy atom. The Kier molecular flexibility index (Phi) is 4.44. The second-order valence-electron chi connectivity index (χ2n) is 6.60. The number of piperazine rings is 1. The zero-order valence-electron chi connectivity index (χ0n) is 14.9. The van der Waals surface area contributed by atoms with Gasteiger partial charge in [-0.15, -0.1) is 0 Å². The van der Waals surface area contributed by atoms with E-state index in [2.05, 4.69) is 33.3 Å². The number of rotatable bonds is 3. The highest BCUT2D eigenvalue weighted by Gasteiger charge is 2.24. The number of nitrogens with one attached hydrogen (secondary N) is 1. The Bertz CT molecular complexity index is 895. The lowest BCUT2D eigenvalue weighted by atomic mass is 10.1. The summed E-state index contributed by atoms with van der Waals surface area (Å²) < 4.78 is 0. The molecule has 5 heteroatoms. The van der Waals surface area contributed by atoms with E-state index in [4.69, 9.17) is 0 Å². The average molecular weight is 346 g/mol. The van der Waals surface area contributed by atoms with Gasteiger partial charge in [-0.2, -0.15) is 5.10 Å². The van der Waals surface area contributed by atoms with Gasteiger partial charge in [0.1, 0.15) is 0 Å². The van der Waals surface area contributed by atoms with Crippen LogP contribution in [0.1, 0.15) is 15.9 Å². The number of aryl methyl sites for hydroxylation is 1. The molecule has 1 amide bonds. The van der Waals surface area contributed by atoms with Crippen molar-refractivity contribution in [3.63, 3.8) is 0 Å². The summed E-state index contributed by atoms with van der Waals surface area (Å²) in [6.45, 7) is 4.98. The summed E-state index contributed by atoms with van der Waals surface area (Å²) in [7, 11) is 0. The summed E-state index contributed by atoms with van der Waals surface area (Å²) in [5.74, 6) is 1.06. The first-order chi connectivity index (χ1) is 12.7. The molecule has 0 unspecified atom stereocenters. The first-order valence-corrected chi connectivity index (χ1v) is 8.93. The molecular weight excluding hydrogens is 324 g/mol. The molecule has 0 aliphatic carbocycles. The molecule has 4 rings (SSSR count). The Balaban J connectivity index is 1.42. The zero-order chi connectivity index (χ0) is 17.9. The van der Waals surface area contributed by atoms with Crippen LogP contribution in [0.4, 0.5) is 5.82 Å². The predicted octanol–water partition coefficient (Wildman–Crippen LogP) is 3.35. The van der Waals surface area contributed by atoms with Crippen LogP contribution in [0.3, 0.4) is 0 Å². The third-order valence-electron chi connectivity index (χ3n) is 4.92. The van der Waals surface area contributed by atoms with Crippen molar-refractivity contribution in [2.75, 3.05) is 31.1 Å². The number of aromatic nitrogens is 2. The maximum Gasteiger partial charge on any atom is 0.254 e. The van der Waals surface area contributed by atoms with E-state index in [1.54, 1.807) is 0 Å². The highest BCUT2D eigenvalue weighted by Crippen LogP contribution is 2.23. The van der Waals surface area contributed by atoms with E-state index in [9.17, 15) is 4.79 Å². The lowest BCUT2D eigenvalue weighted by Crippen LogP contribution is -2.49. The summed E-state index contributed by atoms with van der Waals surface area (Å²) in [5.41, 5.74) is 3.96. The fourth-order valence-corrected chi connectivity index (χ4v) is 3.36. The van der Waals surface area contributed by atoms with Crippen molar-refractivity contribution < 1.29 is 4.79 Å². The van der Waals surface area contributed by atoms with E-state index < -0.39 is 0 Å². The van der Waals surface area contributed by atoms with Crippen LogP contribution in [0.15, 0.2) is 60.7 Å². The normalized spacial score (nSPS) is 14.5. The smallest absolute Gasteiger partial charge is 0.254 e. The molecule has 132 valence electrons. The van der Waals surface area contributed by atoms with Crippen LogP contribution in [0.2, 0.25) is 0 Å². The van der Waals surface area contributed by atoms with Gasteiger partial charge in [-0.05, 0) is 24.1 Å². The highest BCUT2D eigenvalue weighted by molar-refractivity contribution is 5.95. The molecule has 1 aliphatic rings. The fraction of sp³-hybridized carbons (Fsp3) is 0.238. The van der Waals surface area contributed by atoms with Gasteiger partial charge in [0.2, 0.25) is 0 Å². The molecule has 0 spiro atoms. The summed E-state index contributed by atoms with van der Waals surface area (Å²) >= 11 is 0. The zero-order valence-corrected chi connectivity index (χ0v) is 14.9.